The van der Waals surface area contributed by atoms with Gasteiger partial charge in [-0.25, -0.2) is 9.10 Å². The number of esters is 2. The van der Waals surface area contributed by atoms with Crippen LogP contribution in [0.5, 0.6) is 11.5 Å². The van der Waals surface area contributed by atoms with Gasteiger partial charge in [-0.15, -0.1) is 0 Å². The topological polar surface area (TPSA) is 141 Å². The van der Waals surface area contributed by atoms with Gasteiger partial charge in [0.2, 0.25) is 0 Å². The number of rotatable bonds is 16. The van der Waals surface area contributed by atoms with Crippen LogP contribution in [0.2, 0.25) is 10.0 Å². The Kier molecular flexibility index (Phi) is 12.5. The largest absolute Gasteiger partial charge is 0.760 e. The van der Waals surface area contributed by atoms with Gasteiger partial charge in [0, 0.05) is 29.8 Å². The minimum absolute atomic E-state index is 0.00564. The molecule has 1 saturated carbocycles. The van der Waals surface area contributed by atoms with Gasteiger partial charge < -0.3 is 28.7 Å². The van der Waals surface area contributed by atoms with E-state index in [1.807, 2.05) is 0 Å². The molecule has 1 aromatic heterocycles. The molecule has 46 heavy (non-hydrogen) atoms. The fraction of sp³-hybridized carbons (Fsp3) is 0.367. The van der Waals surface area contributed by atoms with Crippen LogP contribution < -0.4 is 14.2 Å². The van der Waals surface area contributed by atoms with Crippen molar-refractivity contribution in [3.05, 3.63) is 92.4 Å². The van der Waals surface area contributed by atoms with Crippen LogP contribution in [0.25, 0.3) is 0 Å². The number of alkyl halides is 2. The van der Waals surface area contributed by atoms with E-state index in [4.69, 9.17) is 32.7 Å². The number of nitrogens with zero attached hydrogens (tertiary/aromatic N) is 2. The molecule has 3 aromatic rings. The molecule has 1 fully saturated rings. The summed E-state index contributed by atoms with van der Waals surface area (Å²) in [5.74, 6) is -1.41. The summed E-state index contributed by atoms with van der Waals surface area (Å²) in [5.41, 5.74) is 1.56. The molecule has 0 spiro atoms. The monoisotopic (exact) mass is 701 g/mol. The predicted molar refractivity (Wildman–Crippen MR) is 161 cm³/mol. The molecule has 0 aliphatic heterocycles. The van der Waals surface area contributed by atoms with Crippen LogP contribution in [0.4, 0.5) is 8.78 Å². The normalized spacial score (nSPS) is 14.2. The lowest BCUT2D eigenvalue weighted by Crippen LogP contribution is -2.35. The second-order valence-electron chi connectivity index (χ2n) is 10.3. The summed E-state index contributed by atoms with van der Waals surface area (Å²) in [6, 6.07) is 10.4. The van der Waals surface area contributed by atoms with Crippen LogP contribution in [0.15, 0.2) is 54.9 Å². The first-order valence-corrected chi connectivity index (χ1v) is 15.7. The van der Waals surface area contributed by atoms with E-state index in [1.54, 1.807) is 12.1 Å². The van der Waals surface area contributed by atoms with Crippen LogP contribution in [-0.4, -0.2) is 58.4 Å². The van der Waals surface area contributed by atoms with Crippen molar-refractivity contribution in [2.24, 2.45) is 5.92 Å². The van der Waals surface area contributed by atoms with Crippen molar-refractivity contribution in [1.82, 2.24) is 4.31 Å². The summed E-state index contributed by atoms with van der Waals surface area (Å²) in [5, 5.41) is 11.8. The highest BCUT2D eigenvalue weighted by Gasteiger charge is 2.27. The highest BCUT2D eigenvalue weighted by molar-refractivity contribution is 7.76. The lowest BCUT2D eigenvalue weighted by Gasteiger charge is -2.26. The quantitative estimate of drug-likeness (QED) is 0.0876. The Morgan fingerprint density at radius 2 is 1.76 bits per heavy atom. The molecule has 2 atom stereocenters. The lowest BCUT2D eigenvalue weighted by molar-refractivity contribution is -0.605. The molecule has 0 saturated heterocycles. The molecular weight excluding hydrogens is 673 g/mol. The number of ether oxygens (including phenoxy) is 4. The van der Waals surface area contributed by atoms with E-state index in [0.29, 0.717) is 15.9 Å². The number of aromatic nitrogens is 1. The Hall–Kier alpha value is -3.56. The summed E-state index contributed by atoms with van der Waals surface area (Å²) in [6.45, 7) is -3.61. The predicted octanol–water partition coefficient (Wildman–Crippen LogP) is 4.97. The maximum absolute atomic E-state index is 13.2. The zero-order chi connectivity index (χ0) is 33.4. The van der Waals surface area contributed by atoms with Crippen LogP contribution in [-0.2, 0) is 38.4 Å². The van der Waals surface area contributed by atoms with Crippen molar-refractivity contribution < 1.29 is 50.8 Å². The molecule has 4 rings (SSSR count). The van der Waals surface area contributed by atoms with Gasteiger partial charge in [-0.2, -0.15) is 13.5 Å². The number of hydrogen-bond acceptors (Lipinski definition) is 9. The van der Waals surface area contributed by atoms with Crippen molar-refractivity contribution >= 4 is 46.4 Å². The smallest absolute Gasteiger partial charge is 0.387 e. The number of methoxy groups -OCH3 is 1. The summed E-state index contributed by atoms with van der Waals surface area (Å²) in [4.78, 5) is 24.8. The van der Waals surface area contributed by atoms with Gasteiger partial charge in [0.1, 0.15) is 22.7 Å². The number of pyridine rings is 1. The first kappa shape index (κ1) is 35.3. The molecule has 0 bridgehead atoms. The third-order valence-corrected chi connectivity index (χ3v) is 8.37. The molecule has 1 heterocycles. The standard InChI is InChI=1S/C30H30Cl2F2N2O9S/c1-42-29(38)20-6-4-18(5-7-20)10-11-36(46(40)41)16-28(37)44-26(13-22-23(31)14-35(39)15-24(22)32)21-8-9-25(45-30(33)34)27(12-21)43-17-19-2-3-19/h4-9,12,14-15,19,26,30H,2-3,10-11,13,16-17H2,1H3,(H,40,41)/p-1/t26-/m0/s1. The number of carbonyl (C=O) groups excluding carboxylic acids is 2. The number of carbonyl (C=O) groups is 2. The molecule has 0 N–H and O–H groups in total. The van der Waals surface area contributed by atoms with Gasteiger partial charge >= 0.3 is 18.6 Å². The molecule has 11 nitrogen and oxygen atoms in total. The molecular formula is C30H29Cl2F2N2O9S-. The Morgan fingerprint density at radius 3 is 2.35 bits per heavy atom. The number of halogens is 4. The van der Waals surface area contributed by atoms with Gasteiger partial charge in [0.05, 0.1) is 19.3 Å². The first-order chi connectivity index (χ1) is 21.9. The average Bonchev–Trinajstić information content (AvgIpc) is 3.84. The summed E-state index contributed by atoms with van der Waals surface area (Å²) >= 11 is 9.75. The maximum atomic E-state index is 13.2. The Labute approximate surface area is 275 Å². The summed E-state index contributed by atoms with van der Waals surface area (Å²) in [7, 11) is 1.25. The van der Waals surface area contributed by atoms with E-state index >= 15 is 0 Å². The summed E-state index contributed by atoms with van der Waals surface area (Å²) in [6.07, 6.45) is 2.88. The van der Waals surface area contributed by atoms with Crippen molar-refractivity contribution in [3.63, 3.8) is 0 Å². The first-order valence-electron chi connectivity index (χ1n) is 13.9. The Balaban J connectivity index is 1.55. The molecule has 1 aliphatic carbocycles. The van der Waals surface area contributed by atoms with Crippen molar-refractivity contribution in [2.45, 2.75) is 38.4 Å². The fourth-order valence-corrected chi connectivity index (χ4v) is 5.44. The number of hydrogen-bond donors (Lipinski definition) is 0. The maximum Gasteiger partial charge on any atom is 0.387 e. The third kappa shape index (κ3) is 10.2. The minimum Gasteiger partial charge on any atom is -0.760 e. The molecule has 1 unspecified atom stereocenters. The molecule has 1 aliphatic rings. The van der Waals surface area contributed by atoms with Crippen LogP contribution in [0.1, 0.15) is 46.0 Å². The van der Waals surface area contributed by atoms with E-state index in [9.17, 15) is 32.3 Å². The lowest BCUT2D eigenvalue weighted by atomic mass is 10.0. The van der Waals surface area contributed by atoms with Crippen LogP contribution >= 0.6 is 23.2 Å². The van der Waals surface area contributed by atoms with E-state index < -0.39 is 42.5 Å². The van der Waals surface area contributed by atoms with Gasteiger partial charge in [0.15, 0.2) is 23.9 Å². The third-order valence-electron chi connectivity index (χ3n) is 6.99. The van der Waals surface area contributed by atoms with Crippen molar-refractivity contribution in [1.29, 1.82) is 0 Å². The molecule has 0 amide bonds. The molecule has 2 aromatic carbocycles. The van der Waals surface area contributed by atoms with E-state index in [0.717, 1.165) is 29.5 Å². The van der Waals surface area contributed by atoms with Crippen molar-refractivity contribution in [2.75, 3.05) is 26.8 Å². The second kappa shape index (κ2) is 16.3. The van der Waals surface area contributed by atoms with E-state index in [2.05, 4.69) is 9.47 Å². The zero-order valence-corrected chi connectivity index (χ0v) is 26.7. The van der Waals surface area contributed by atoms with Crippen LogP contribution in [0.3, 0.4) is 0 Å². The van der Waals surface area contributed by atoms with E-state index in [1.165, 1.54) is 37.4 Å². The SMILES string of the molecule is COC(=O)c1ccc(CCN(CC(=O)O[C@@H](Cc2c(Cl)c[n+]([O-])cc2Cl)c2ccc(OC(F)F)c(OCC3CC3)c2)S(=O)[O-])cc1. The van der Waals surface area contributed by atoms with E-state index in [-0.39, 0.29) is 64.6 Å². The minimum atomic E-state index is -3.12. The molecule has 248 valence electrons. The fourth-order valence-electron chi connectivity index (χ4n) is 4.39. The second-order valence-corrected chi connectivity index (χ2v) is 12.1. The number of benzene rings is 2. The summed E-state index contributed by atoms with van der Waals surface area (Å²) < 4.78 is 72.2. The molecule has 0 radical (unpaired) electrons. The Morgan fingerprint density at radius 1 is 1.09 bits per heavy atom. The molecule has 16 heteroatoms. The van der Waals surface area contributed by atoms with Gasteiger partial charge in [-0.1, -0.05) is 41.4 Å². The zero-order valence-electron chi connectivity index (χ0n) is 24.4. The van der Waals surface area contributed by atoms with Gasteiger partial charge in [-0.3, -0.25) is 9.00 Å². The highest BCUT2D eigenvalue weighted by atomic mass is 35.5. The van der Waals surface area contributed by atoms with Gasteiger partial charge in [-0.05, 0) is 60.6 Å². The van der Waals surface area contributed by atoms with Crippen LogP contribution in [0, 0.1) is 11.1 Å². The average molecular weight is 703 g/mol. The highest BCUT2D eigenvalue weighted by Crippen LogP contribution is 2.37. The van der Waals surface area contributed by atoms with Crippen molar-refractivity contribution in [3.8, 4) is 11.5 Å². The van der Waals surface area contributed by atoms with Gasteiger partial charge in [0.25, 0.3) is 0 Å². The Bertz CT molecular complexity index is 1540.